The zero-order chi connectivity index (χ0) is 14.5. The summed E-state index contributed by atoms with van der Waals surface area (Å²) >= 11 is 0. The van der Waals surface area contributed by atoms with Gasteiger partial charge in [-0.2, -0.15) is 0 Å². The molecule has 5 heteroatoms. The van der Waals surface area contributed by atoms with Gasteiger partial charge in [0.15, 0.2) is 0 Å². The minimum Gasteiger partial charge on any atom is -0.465 e. The third kappa shape index (κ3) is 3.03. The predicted octanol–water partition coefficient (Wildman–Crippen LogP) is 2.61. The number of nitrogens with two attached hydrogens (primary N) is 1. The van der Waals surface area contributed by atoms with Crippen molar-refractivity contribution in [3.63, 3.8) is 0 Å². The number of esters is 1. The standard InChI is InChI=1S/C15H23N3O2/c1-3-18(12-7-5-4-6-8-12)14-13(15(19)20-2)9-11(16)10-17-14/h9-10,12H,3-8,16H2,1-2H3. The lowest BCUT2D eigenvalue weighted by Crippen LogP contribution is -2.38. The summed E-state index contributed by atoms with van der Waals surface area (Å²) in [5.74, 6) is 0.314. The second-order valence-corrected chi connectivity index (χ2v) is 5.21. The van der Waals surface area contributed by atoms with Crippen LogP contribution in [0.5, 0.6) is 0 Å². The Kier molecular flexibility index (Phi) is 4.82. The number of nitrogen functional groups attached to an aromatic ring is 1. The summed E-state index contributed by atoms with van der Waals surface area (Å²) in [4.78, 5) is 18.6. The largest absolute Gasteiger partial charge is 0.465 e. The van der Waals surface area contributed by atoms with Crippen LogP contribution in [0.2, 0.25) is 0 Å². The molecule has 110 valence electrons. The highest BCUT2D eigenvalue weighted by molar-refractivity contribution is 5.95. The Labute approximate surface area is 120 Å². The van der Waals surface area contributed by atoms with Gasteiger partial charge in [0, 0.05) is 12.6 Å². The smallest absolute Gasteiger partial charge is 0.341 e. The van der Waals surface area contributed by atoms with Crippen LogP contribution in [0.4, 0.5) is 11.5 Å². The fourth-order valence-corrected chi connectivity index (χ4v) is 2.94. The van der Waals surface area contributed by atoms with Crippen molar-refractivity contribution in [3.8, 4) is 0 Å². The fraction of sp³-hybridized carbons (Fsp3) is 0.600. The first-order valence-electron chi connectivity index (χ1n) is 7.27. The number of methoxy groups -OCH3 is 1. The van der Waals surface area contributed by atoms with E-state index in [1.54, 1.807) is 12.3 Å². The lowest BCUT2D eigenvalue weighted by Gasteiger charge is -2.35. The molecule has 0 radical (unpaired) electrons. The Balaban J connectivity index is 2.35. The van der Waals surface area contributed by atoms with Gasteiger partial charge in [-0.25, -0.2) is 9.78 Å². The van der Waals surface area contributed by atoms with E-state index in [0.29, 0.717) is 23.1 Å². The number of pyridine rings is 1. The van der Waals surface area contributed by atoms with Gasteiger partial charge in [0.1, 0.15) is 11.4 Å². The van der Waals surface area contributed by atoms with Crippen molar-refractivity contribution in [2.45, 2.75) is 45.1 Å². The Hall–Kier alpha value is -1.78. The van der Waals surface area contributed by atoms with E-state index < -0.39 is 0 Å². The Morgan fingerprint density at radius 1 is 1.45 bits per heavy atom. The molecule has 0 bridgehead atoms. The molecule has 0 saturated heterocycles. The molecule has 1 heterocycles. The van der Waals surface area contributed by atoms with E-state index in [1.807, 2.05) is 0 Å². The molecule has 1 saturated carbocycles. The van der Waals surface area contributed by atoms with E-state index in [4.69, 9.17) is 10.5 Å². The van der Waals surface area contributed by atoms with Crippen LogP contribution in [0.15, 0.2) is 12.3 Å². The third-order valence-corrected chi connectivity index (χ3v) is 3.92. The van der Waals surface area contributed by atoms with Gasteiger partial charge in [-0.15, -0.1) is 0 Å². The van der Waals surface area contributed by atoms with E-state index in [1.165, 1.54) is 26.4 Å². The van der Waals surface area contributed by atoms with Gasteiger partial charge in [0.2, 0.25) is 0 Å². The molecule has 2 N–H and O–H groups in total. The fourth-order valence-electron chi connectivity index (χ4n) is 2.94. The molecular weight excluding hydrogens is 254 g/mol. The molecular formula is C15H23N3O2. The number of hydrogen-bond acceptors (Lipinski definition) is 5. The van der Waals surface area contributed by atoms with Crippen LogP contribution >= 0.6 is 0 Å². The van der Waals surface area contributed by atoms with E-state index in [0.717, 1.165) is 19.4 Å². The molecule has 0 amide bonds. The molecule has 5 nitrogen and oxygen atoms in total. The SMILES string of the molecule is CCN(c1ncc(N)cc1C(=O)OC)C1CCCCC1. The summed E-state index contributed by atoms with van der Waals surface area (Å²) in [5, 5.41) is 0. The number of aromatic nitrogens is 1. The topological polar surface area (TPSA) is 68.5 Å². The Bertz CT molecular complexity index is 470. The molecule has 1 aromatic heterocycles. The molecule has 0 aliphatic heterocycles. The molecule has 2 rings (SSSR count). The number of carbonyl (C=O) groups excluding carboxylic acids is 1. The molecule has 1 aromatic rings. The van der Waals surface area contributed by atoms with Gasteiger partial charge < -0.3 is 15.4 Å². The van der Waals surface area contributed by atoms with E-state index in [2.05, 4.69) is 16.8 Å². The highest BCUT2D eigenvalue weighted by Crippen LogP contribution is 2.29. The first-order valence-corrected chi connectivity index (χ1v) is 7.27. The maximum atomic E-state index is 11.9. The molecule has 0 spiro atoms. The van der Waals surface area contributed by atoms with Gasteiger partial charge >= 0.3 is 5.97 Å². The normalized spacial score (nSPS) is 15.9. The van der Waals surface area contributed by atoms with E-state index in [9.17, 15) is 4.79 Å². The lowest BCUT2D eigenvalue weighted by molar-refractivity contribution is 0.0601. The molecule has 0 unspecified atom stereocenters. The summed E-state index contributed by atoms with van der Waals surface area (Å²) in [6, 6.07) is 2.10. The highest BCUT2D eigenvalue weighted by Gasteiger charge is 2.25. The second kappa shape index (κ2) is 6.59. The minimum absolute atomic E-state index is 0.381. The molecule has 1 fully saturated rings. The van der Waals surface area contributed by atoms with Crippen LogP contribution in [-0.2, 0) is 4.74 Å². The minimum atomic E-state index is -0.381. The number of ether oxygens (including phenoxy) is 1. The number of carbonyl (C=O) groups is 1. The van der Waals surface area contributed by atoms with Crippen LogP contribution in [0.1, 0.15) is 49.4 Å². The molecule has 1 aliphatic rings. The number of anilines is 2. The molecule has 20 heavy (non-hydrogen) atoms. The molecule has 0 aromatic carbocycles. The maximum absolute atomic E-state index is 11.9. The quantitative estimate of drug-likeness (QED) is 0.857. The number of nitrogens with zero attached hydrogens (tertiary/aromatic N) is 2. The summed E-state index contributed by atoms with van der Waals surface area (Å²) < 4.78 is 4.85. The van der Waals surface area contributed by atoms with E-state index >= 15 is 0 Å². The third-order valence-electron chi connectivity index (χ3n) is 3.92. The zero-order valence-electron chi connectivity index (χ0n) is 12.3. The average molecular weight is 277 g/mol. The van der Waals surface area contributed by atoms with Crippen LogP contribution in [0.25, 0.3) is 0 Å². The predicted molar refractivity (Wildman–Crippen MR) is 79.9 cm³/mol. The van der Waals surface area contributed by atoms with Crippen molar-refractivity contribution < 1.29 is 9.53 Å². The van der Waals surface area contributed by atoms with Crippen LogP contribution in [0, 0.1) is 0 Å². The maximum Gasteiger partial charge on any atom is 0.341 e. The molecule has 0 atom stereocenters. The summed E-state index contributed by atoms with van der Waals surface area (Å²) in [5.41, 5.74) is 6.69. The second-order valence-electron chi connectivity index (χ2n) is 5.21. The first kappa shape index (κ1) is 14.6. The van der Waals surface area contributed by atoms with Crippen molar-refractivity contribution in [2.24, 2.45) is 0 Å². The van der Waals surface area contributed by atoms with Gasteiger partial charge in [-0.1, -0.05) is 19.3 Å². The number of rotatable bonds is 4. The van der Waals surface area contributed by atoms with Gasteiger partial charge in [0.25, 0.3) is 0 Å². The van der Waals surface area contributed by atoms with Crippen molar-refractivity contribution >= 4 is 17.5 Å². The van der Waals surface area contributed by atoms with Crippen LogP contribution in [-0.4, -0.2) is 30.6 Å². The van der Waals surface area contributed by atoms with Crippen molar-refractivity contribution in [1.29, 1.82) is 0 Å². The average Bonchev–Trinajstić information content (AvgIpc) is 2.49. The van der Waals surface area contributed by atoms with Gasteiger partial charge in [-0.05, 0) is 25.8 Å². The zero-order valence-corrected chi connectivity index (χ0v) is 12.3. The van der Waals surface area contributed by atoms with Gasteiger partial charge in [-0.3, -0.25) is 0 Å². The lowest BCUT2D eigenvalue weighted by atomic mass is 9.94. The summed E-state index contributed by atoms with van der Waals surface area (Å²) in [7, 11) is 1.38. The Morgan fingerprint density at radius 3 is 2.75 bits per heavy atom. The van der Waals surface area contributed by atoms with E-state index in [-0.39, 0.29) is 5.97 Å². The van der Waals surface area contributed by atoms with Crippen molar-refractivity contribution in [2.75, 3.05) is 24.3 Å². The monoisotopic (exact) mass is 277 g/mol. The first-order chi connectivity index (χ1) is 9.67. The summed E-state index contributed by atoms with van der Waals surface area (Å²) in [6.07, 6.45) is 7.69. The highest BCUT2D eigenvalue weighted by atomic mass is 16.5. The Morgan fingerprint density at radius 2 is 2.15 bits per heavy atom. The van der Waals surface area contributed by atoms with Gasteiger partial charge in [0.05, 0.1) is 19.0 Å². The van der Waals surface area contributed by atoms with Crippen LogP contribution in [0.3, 0.4) is 0 Å². The van der Waals surface area contributed by atoms with Crippen molar-refractivity contribution in [1.82, 2.24) is 4.98 Å². The number of hydrogen-bond donors (Lipinski definition) is 1. The van der Waals surface area contributed by atoms with Crippen LogP contribution < -0.4 is 10.6 Å². The molecule has 1 aliphatic carbocycles. The summed E-state index contributed by atoms with van der Waals surface area (Å²) in [6.45, 7) is 2.92. The van der Waals surface area contributed by atoms with Crippen molar-refractivity contribution in [3.05, 3.63) is 17.8 Å².